The van der Waals surface area contributed by atoms with Crippen LogP contribution in [0.1, 0.15) is 30.1 Å². The summed E-state index contributed by atoms with van der Waals surface area (Å²) in [7, 11) is 0. The number of rotatable bonds is 2. The molecule has 1 aliphatic carbocycles. The summed E-state index contributed by atoms with van der Waals surface area (Å²) in [6.45, 7) is 0.0343. The van der Waals surface area contributed by atoms with E-state index in [1.165, 1.54) is 12.8 Å². The first kappa shape index (κ1) is 7.94. The van der Waals surface area contributed by atoms with Crippen molar-refractivity contribution in [3.05, 3.63) is 30.1 Å². The van der Waals surface area contributed by atoms with Gasteiger partial charge < -0.3 is 5.11 Å². The summed E-state index contributed by atoms with van der Waals surface area (Å²) in [5.74, 6) is 0.559. The molecule has 2 aromatic heterocycles. The fourth-order valence-electron chi connectivity index (χ4n) is 1.81. The van der Waals surface area contributed by atoms with Crippen LogP contribution in [0.25, 0.3) is 5.52 Å². The van der Waals surface area contributed by atoms with E-state index in [1.807, 2.05) is 10.6 Å². The largest absolute Gasteiger partial charge is 0.390 e. The first-order chi connectivity index (χ1) is 6.90. The van der Waals surface area contributed by atoms with Crippen LogP contribution in [0.5, 0.6) is 0 Å². The highest BCUT2D eigenvalue weighted by Gasteiger charge is 2.28. The van der Waals surface area contributed by atoms with E-state index in [0.29, 0.717) is 5.92 Å². The van der Waals surface area contributed by atoms with E-state index >= 15 is 0 Å². The molecule has 2 heterocycles. The third-order valence-electron chi connectivity index (χ3n) is 2.70. The molecule has 1 aliphatic rings. The molecule has 1 saturated carbocycles. The van der Waals surface area contributed by atoms with Crippen molar-refractivity contribution in [2.24, 2.45) is 0 Å². The molecule has 2 aromatic rings. The zero-order valence-electron chi connectivity index (χ0n) is 7.72. The standard InChI is InChI=1S/C10H11N3O/c14-5-9-10(7-1-2-7)12-4-8-3-11-6-13(8)9/h3-4,6-7,14H,1-2,5H2. The molecule has 4 heteroatoms. The predicted molar refractivity (Wildman–Crippen MR) is 50.9 cm³/mol. The minimum atomic E-state index is 0.0343. The molecule has 1 N–H and O–H groups in total. The normalized spacial score (nSPS) is 16.4. The second-order valence-electron chi connectivity index (χ2n) is 3.71. The zero-order valence-corrected chi connectivity index (χ0v) is 7.72. The number of aliphatic hydroxyl groups is 1. The van der Waals surface area contributed by atoms with Crippen molar-refractivity contribution in [2.45, 2.75) is 25.4 Å². The maximum atomic E-state index is 9.32. The fraction of sp³-hybridized carbons (Fsp3) is 0.400. The van der Waals surface area contributed by atoms with Gasteiger partial charge in [0.25, 0.3) is 0 Å². The van der Waals surface area contributed by atoms with Gasteiger partial charge in [-0.3, -0.25) is 9.38 Å². The van der Waals surface area contributed by atoms with Crippen molar-refractivity contribution in [1.82, 2.24) is 14.4 Å². The quantitative estimate of drug-likeness (QED) is 0.769. The number of aliphatic hydroxyl groups excluding tert-OH is 1. The van der Waals surface area contributed by atoms with Crippen molar-refractivity contribution in [3.63, 3.8) is 0 Å². The third-order valence-corrected chi connectivity index (χ3v) is 2.70. The average molecular weight is 189 g/mol. The van der Waals surface area contributed by atoms with E-state index in [-0.39, 0.29) is 6.61 Å². The Kier molecular flexibility index (Phi) is 1.58. The first-order valence-electron chi connectivity index (χ1n) is 4.81. The molecule has 0 aromatic carbocycles. The predicted octanol–water partition coefficient (Wildman–Crippen LogP) is 1.10. The summed E-state index contributed by atoms with van der Waals surface area (Å²) >= 11 is 0. The van der Waals surface area contributed by atoms with E-state index in [4.69, 9.17) is 0 Å². The summed E-state index contributed by atoms with van der Waals surface area (Å²) in [6.07, 6.45) is 7.69. The molecule has 3 rings (SSSR count). The van der Waals surface area contributed by atoms with E-state index < -0.39 is 0 Å². The van der Waals surface area contributed by atoms with Gasteiger partial charge in [-0.05, 0) is 12.8 Å². The second kappa shape index (κ2) is 2.78. The van der Waals surface area contributed by atoms with Gasteiger partial charge in [-0.1, -0.05) is 0 Å². The molecule has 0 radical (unpaired) electrons. The van der Waals surface area contributed by atoms with Crippen LogP contribution in [0.4, 0.5) is 0 Å². The Morgan fingerprint density at radius 1 is 1.43 bits per heavy atom. The molecule has 1 fully saturated rings. The van der Waals surface area contributed by atoms with Crippen LogP contribution >= 0.6 is 0 Å². The van der Waals surface area contributed by atoms with Crippen molar-refractivity contribution >= 4 is 5.52 Å². The summed E-state index contributed by atoms with van der Waals surface area (Å²) in [6, 6.07) is 0. The highest BCUT2D eigenvalue weighted by molar-refractivity contribution is 5.45. The van der Waals surface area contributed by atoms with Crippen molar-refractivity contribution < 1.29 is 5.11 Å². The molecule has 0 aliphatic heterocycles. The van der Waals surface area contributed by atoms with Crippen LogP contribution in [0.3, 0.4) is 0 Å². The third kappa shape index (κ3) is 1.04. The van der Waals surface area contributed by atoms with Crippen LogP contribution < -0.4 is 0 Å². The molecule has 0 bridgehead atoms. The number of hydrogen-bond acceptors (Lipinski definition) is 3. The van der Waals surface area contributed by atoms with Crippen molar-refractivity contribution in [3.8, 4) is 0 Å². The van der Waals surface area contributed by atoms with Gasteiger partial charge in [0.15, 0.2) is 0 Å². The minimum absolute atomic E-state index is 0.0343. The van der Waals surface area contributed by atoms with Gasteiger partial charge in [-0.2, -0.15) is 0 Å². The van der Waals surface area contributed by atoms with Crippen LogP contribution in [0, 0.1) is 0 Å². The molecule has 14 heavy (non-hydrogen) atoms. The Morgan fingerprint density at radius 2 is 2.29 bits per heavy atom. The van der Waals surface area contributed by atoms with E-state index in [0.717, 1.165) is 16.9 Å². The first-order valence-corrected chi connectivity index (χ1v) is 4.81. The molecule has 0 unspecified atom stereocenters. The van der Waals surface area contributed by atoms with Crippen molar-refractivity contribution in [1.29, 1.82) is 0 Å². The topological polar surface area (TPSA) is 50.4 Å². The number of hydrogen-bond donors (Lipinski definition) is 1. The Bertz CT molecular complexity index is 473. The van der Waals surface area contributed by atoms with Gasteiger partial charge in [0, 0.05) is 5.92 Å². The molecular weight excluding hydrogens is 178 g/mol. The Morgan fingerprint density at radius 3 is 3.00 bits per heavy atom. The highest BCUT2D eigenvalue weighted by Crippen LogP contribution is 2.40. The summed E-state index contributed by atoms with van der Waals surface area (Å²) in [4.78, 5) is 8.43. The highest BCUT2D eigenvalue weighted by atomic mass is 16.3. The van der Waals surface area contributed by atoms with E-state index in [2.05, 4.69) is 9.97 Å². The Hall–Kier alpha value is -1.42. The van der Waals surface area contributed by atoms with Gasteiger partial charge in [0.2, 0.25) is 0 Å². The van der Waals surface area contributed by atoms with Crippen LogP contribution in [0.2, 0.25) is 0 Å². The minimum Gasteiger partial charge on any atom is -0.390 e. The molecule has 0 atom stereocenters. The molecule has 0 saturated heterocycles. The van der Waals surface area contributed by atoms with Gasteiger partial charge in [0.1, 0.15) is 0 Å². The lowest BCUT2D eigenvalue weighted by molar-refractivity contribution is 0.273. The van der Waals surface area contributed by atoms with Gasteiger partial charge in [0.05, 0.1) is 42.2 Å². The molecule has 0 amide bonds. The zero-order chi connectivity index (χ0) is 9.54. The molecular formula is C10H11N3O. The Labute approximate surface area is 81.2 Å². The van der Waals surface area contributed by atoms with Crippen molar-refractivity contribution in [2.75, 3.05) is 0 Å². The maximum absolute atomic E-state index is 9.32. The summed E-state index contributed by atoms with van der Waals surface area (Å²) < 4.78 is 1.92. The molecule has 0 spiro atoms. The lowest BCUT2D eigenvalue weighted by Crippen LogP contribution is -2.03. The fourth-order valence-corrected chi connectivity index (χ4v) is 1.81. The molecule has 72 valence electrons. The molecule has 4 nitrogen and oxygen atoms in total. The van der Waals surface area contributed by atoms with Crippen LogP contribution in [-0.2, 0) is 6.61 Å². The SMILES string of the molecule is OCc1c(C2CC2)ncc2cncn12. The van der Waals surface area contributed by atoms with Gasteiger partial charge >= 0.3 is 0 Å². The van der Waals surface area contributed by atoms with E-state index in [1.54, 1.807) is 12.5 Å². The number of imidazole rings is 1. The average Bonchev–Trinajstić information content (AvgIpc) is 2.94. The Balaban J connectivity index is 2.28. The van der Waals surface area contributed by atoms with Crippen LogP contribution in [-0.4, -0.2) is 19.5 Å². The summed E-state index contributed by atoms with van der Waals surface area (Å²) in [5, 5.41) is 9.32. The lowest BCUT2D eigenvalue weighted by atomic mass is 10.2. The number of aromatic nitrogens is 3. The smallest absolute Gasteiger partial charge is 0.0996 e. The van der Waals surface area contributed by atoms with Gasteiger partial charge in [-0.15, -0.1) is 0 Å². The maximum Gasteiger partial charge on any atom is 0.0996 e. The van der Waals surface area contributed by atoms with E-state index in [9.17, 15) is 5.11 Å². The number of fused-ring (bicyclic) bond motifs is 1. The second-order valence-corrected chi connectivity index (χ2v) is 3.71. The van der Waals surface area contributed by atoms with Crippen LogP contribution in [0.15, 0.2) is 18.7 Å². The van der Waals surface area contributed by atoms with Gasteiger partial charge in [-0.25, -0.2) is 4.98 Å². The lowest BCUT2D eigenvalue weighted by Gasteiger charge is -2.07. The number of nitrogens with zero attached hydrogens (tertiary/aromatic N) is 3. The summed E-state index contributed by atoms with van der Waals surface area (Å²) in [5.41, 5.74) is 2.87. The monoisotopic (exact) mass is 189 g/mol.